The fourth-order valence-electron chi connectivity index (χ4n) is 2.36. The van der Waals surface area contributed by atoms with E-state index in [-0.39, 0.29) is 30.0 Å². The molecule has 0 saturated carbocycles. The maximum atomic E-state index is 12.2. The minimum Gasteiger partial charge on any atom is -0.376 e. The third-order valence-electron chi connectivity index (χ3n) is 3.77. The van der Waals surface area contributed by atoms with Gasteiger partial charge in [0, 0.05) is 25.4 Å². The van der Waals surface area contributed by atoms with Gasteiger partial charge in [-0.3, -0.25) is 4.79 Å². The largest absolute Gasteiger partial charge is 0.376 e. The van der Waals surface area contributed by atoms with E-state index in [1.54, 1.807) is 19.1 Å². The molecular formula is C16H25N3O5S. The molecule has 1 amide bonds. The SMILES string of the molecule is CC(OCC1CCCO1)C(=O)Nc1cccc(S(=O)(=O)NCCN)c1. The van der Waals surface area contributed by atoms with Crippen molar-refractivity contribution in [1.29, 1.82) is 0 Å². The molecule has 0 radical (unpaired) electrons. The molecule has 1 aliphatic heterocycles. The molecule has 0 aromatic heterocycles. The Kier molecular flexibility index (Phi) is 7.33. The van der Waals surface area contributed by atoms with E-state index in [2.05, 4.69) is 10.0 Å². The highest BCUT2D eigenvalue weighted by Crippen LogP contribution is 2.16. The second kappa shape index (κ2) is 9.25. The Morgan fingerprint density at radius 2 is 2.28 bits per heavy atom. The Hall–Kier alpha value is -1.52. The van der Waals surface area contributed by atoms with Gasteiger partial charge in [0.25, 0.3) is 5.91 Å². The van der Waals surface area contributed by atoms with Crippen LogP contribution in [0.25, 0.3) is 0 Å². The van der Waals surface area contributed by atoms with Gasteiger partial charge >= 0.3 is 0 Å². The number of rotatable bonds is 9. The van der Waals surface area contributed by atoms with Crippen molar-refractivity contribution >= 4 is 21.6 Å². The molecule has 2 atom stereocenters. The van der Waals surface area contributed by atoms with Crippen LogP contribution < -0.4 is 15.8 Å². The average Bonchev–Trinajstić information content (AvgIpc) is 3.11. The molecule has 4 N–H and O–H groups in total. The molecule has 1 aromatic carbocycles. The van der Waals surface area contributed by atoms with E-state index in [9.17, 15) is 13.2 Å². The summed E-state index contributed by atoms with van der Waals surface area (Å²) in [6.45, 7) is 3.09. The van der Waals surface area contributed by atoms with Crippen LogP contribution in [0.2, 0.25) is 0 Å². The lowest BCUT2D eigenvalue weighted by atomic mass is 10.2. The minimum absolute atomic E-state index is 0.0392. The maximum absolute atomic E-state index is 12.2. The van der Waals surface area contributed by atoms with Gasteiger partial charge < -0.3 is 20.5 Å². The van der Waals surface area contributed by atoms with E-state index < -0.39 is 16.1 Å². The third kappa shape index (κ3) is 6.05. The first kappa shape index (κ1) is 19.8. The first-order valence-electron chi connectivity index (χ1n) is 8.26. The Labute approximate surface area is 148 Å². The number of ether oxygens (including phenoxy) is 2. The van der Waals surface area contributed by atoms with Crippen molar-refractivity contribution in [2.45, 2.75) is 36.9 Å². The third-order valence-corrected chi connectivity index (χ3v) is 5.23. The van der Waals surface area contributed by atoms with Gasteiger partial charge in [0.1, 0.15) is 6.10 Å². The molecule has 1 fully saturated rings. The van der Waals surface area contributed by atoms with Crippen molar-refractivity contribution in [2.75, 3.05) is 31.6 Å². The zero-order chi connectivity index (χ0) is 18.3. The summed E-state index contributed by atoms with van der Waals surface area (Å²) in [5, 5.41) is 2.66. The van der Waals surface area contributed by atoms with E-state index in [0.717, 1.165) is 19.4 Å². The van der Waals surface area contributed by atoms with Gasteiger partial charge in [-0.1, -0.05) is 6.07 Å². The van der Waals surface area contributed by atoms with Crippen molar-refractivity contribution < 1.29 is 22.7 Å². The van der Waals surface area contributed by atoms with Crippen LogP contribution in [-0.4, -0.2) is 52.8 Å². The number of amides is 1. The molecule has 0 spiro atoms. The second-order valence-electron chi connectivity index (χ2n) is 5.81. The van der Waals surface area contributed by atoms with Gasteiger partial charge in [-0.25, -0.2) is 13.1 Å². The van der Waals surface area contributed by atoms with Crippen LogP contribution in [0.5, 0.6) is 0 Å². The highest BCUT2D eigenvalue weighted by atomic mass is 32.2. The van der Waals surface area contributed by atoms with Crippen LogP contribution in [0.4, 0.5) is 5.69 Å². The number of benzene rings is 1. The smallest absolute Gasteiger partial charge is 0.253 e. The molecular weight excluding hydrogens is 346 g/mol. The molecule has 2 rings (SSSR count). The van der Waals surface area contributed by atoms with Gasteiger partial charge in [-0.05, 0) is 38.0 Å². The minimum atomic E-state index is -3.65. The van der Waals surface area contributed by atoms with E-state index in [1.807, 2.05) is 0 Å². The summed E-state index contributed by atoms with van der Waals surface area (Å²) in [6, 6.07) is 6.02. The number of sulfonamides is 1. The van der Waals surface area contributed by atoms with Crippen LogP contribution in [-0.2, 0) is 24.3 Å². The second-order valence-corrected chi connectivity index (χ2v) is 7.58. The Morgan fingerprint density at radius 3 is 2.96 bits per heavy atom. The number of anilines is 1. The molecule has 0 aliphatic carbocycles. The summed E-state index contributed by atoms with van der Waals surface area (Å²) in [7, 11) is -3.65. The quantitative estimate of drug-likeness (QED) is 0.580. The number of hydrogen-bond acceptors (Lipinski definition) is 6. The van der Waals surface area contributed by atoms with E-state index in [1.165, 1.54) is 12.1 Å². The van der Waals surface area contributed by atoms with Crippen molar-refractivity contribution in [3.8, 4) is 0 Å². The first-order chi connectivity index (χ1) is 11.9. The molecule has 1 aliphatic rings. The molecule has 1 heterocycles. The van der Waals surface area contributed by atoms with Crippen LogP contribution in [0, 0.1) is 0 Å². The van der Waals surface area contributed by atoms with Gasteiger partial charge in [-0.15, -0.1) is 0 Å². The van der Waals surface area contributed by atoms with Gasteiger partial charge in [-0.2, -0.15) is 0 Å². The van der Waals surface area contributed by atoms with Gasteiger partial charge in [0.05, 0.1) is 17.6 Å². The zero-order valence-corrected chi connectivity index (χ0v) is 15.1. The zero-order valence-electron chi connectivity index (χ0n) is 14.2. The predicted molar refractivity (Wildman–Crippen MR) is 93.7 cm³/mol. The van der Waals surface area contributed by atoms with E-state index >= 15 is 0 Å². The lowest BCUT2D eigenvalue weighted by molar-refractivity contribution is -0.128. The van der Waals surface area contributed by atoms with E-state index in [4.69, 9.17) is 15.2 Å². The van der Waals surface area contributed by atoms with Gasteiger partial charge in [0.15, 0.2) is 0 Å². The van der Waals surface area contributed by atoms with Crippen LogP contribution in [0.3, 0.4) is 0 Å². The molecule has 9 heteroatoms. The number of carbonyl (C=O) groups is 1. The molecule has 0 bridgehead atoms. The summed E-state index contributed by atoms with van der Waals surface area (Å²) in [5.41, 5.74) is 5.69. The number of hydrogen-bond donors (Lipinski definition) is 3. The lowest BCUT2D eigenvalue weighted by Crippen LogP contribution is -2.31. The van der Waals surface area contributed by atoms with Crippen molar-refractivity contribution in [3.05, 3.63) is 24.3 Å². The topological polar surface area (TPSA) is 120 Å². The van der Waals surface area contributed by atoms with E-state index in [0.29, 0.717) is 12.3 Å². The lowest BCUT2D eigenvalue weighted by Gasteiger charge is -2.16. The normalized spacial score (nSPS) is 18.9. The Morgan fingerprint density at radius 1 is 1.48 bits per heavy atom. The van der Waals surface area contributed by atoms with Crippen LogP contribution in [0.15, 0.2) is 29.2 Å². The fourth-order valence-corrected chi connectivity index (χ4v) is 3.46. The molecule has 8 nitrogen and oxygen atoms in total. The van der Waals surface area contributed by atoms with Gasteiger partial charge in [0.2, 0.25) is 10.0 Å². The number of nitrogens with two attached hydrogens (primary N) is 1. The number of nitrogens with one attached hydrogen (secondary N) is 2. The fraction of sp³-hybridized carbons (Fsp3) is 0.562. The molecule has 25 heavy (non-hydrogen) atoms. The summed E-state index contributed by atoms with van der Waals surface area (Å²) in [6.07, 6.45) is 1.31. The molecule has 1 aromatic rings. The predicted octanol–water partition coefficient (Wildman–Crippen LogP) is 0.446. The summed E-state index contributed by atoms with van der Waals surface area (Å²) < 4.78 is 37.5. The standard InChI is InChI=1S/C16H25N3O5S/c1-12(24-11-14-5-3-9-23-14)16(20)19-13-4-2-6-15(10-13)25(21,22)18-8-7-17/h2,4,6,10,12,14,18H,3,5,7-9,11,17H2,1H3,(H,19,20). The molecule has 140 valence electrons. The monoisotopic (exact) mass is 371 g/mol. The Balaban J connectivity index is 1.92. The highest BCUT2D eigenvalue weighted by molar-refractivity contribution is 7.89. The van der Waals surface area contributed by atoms with Crippen molar-refractivity contribution in [2.24, 2.45) is 5.73 Å². The average molecular weight is 371 g/mol. The molecule has 2 unspecified atom stereocenters. The highest BCUT2D eigenvalue weighted by Gasteiger charge is 2.20. The first-order valence-corrected chi connectivity index (χ1v) is 9.74. The maximum Gasteiger partial charge on any atom is 0.253 e. The summed E-state index contributed by atoms with van der Waals surface area (Å²) >= 11 is 0. The Bertz CT molecular complexity index is 674. The van der Waals surface area contributed by atoms with Crippen LogP contribution >= 0.6 is 0 Å². The summed E-state index contributed by atoms with van der Waals surface area (Å²) in [4.78, 5) is 12.3. The van der Waals surface area contributed by atoms with Crippen molar-refractivity contribution in [1.82, 2.24) is 4.72 Å². The number of carbonyl (C=O) groups excluding carboxylic acids is 1. The van der Waals surface area contributed by atoms with Crippen molar-refractivity contribution in [3.63, 3.8) is 0 Å². The molecule has 1 saturated heterocycles. The van der Waals surface area contributed by atoms with Crippen LogP contribution in [0.1, 0.15) is 19.8 Å². The summed E-state index contributed by atoms with van der Waals surface area (Å²) in [5.74, 6) is -0.345.